The zero-order chi connectivity index (χ0) is 11.8. The van der Waals surface area contributed by atoms with Gasteiger partial charge in [0.1, 0.15) is 0 Å². The van der Waals surface area contributed by atoms with E-state index in [1.807, 2.05) is 0 Å². The molecule has 0 aliphatic carbocycles. The summed E-state index contributed by atoms with van der Waals surface area (Å²) < 4.78 is 13.7. The standard InChI is InChI=1S/C12H14FN3O/c13-11-5-14-4-3-12(11)16-9-1-2-10(16)7-15(6-9)8-17/h3-5,8-10H,1-2,6-7H2/t9-,10+. The normalized spacial score (nSPS) is 27.4. The summed E-state index contributed by atoms with van der Waals surface area (Å²) in [5.41, 5.74) is 0.623. The highest BCUT2D eigenvalue weighted by molar-refractivity contribution is 5.54. The van der Waals surface area contributed by atoms with Crippen molar-refractivity contribution in [3.05, 3.63) is 24.3 Å². The number of nitrogens with zero attached hydrogens (tertiary/aromatic N) is 3. The topological polar surface area (TPSA) is 36.4 Å². The van der Waals surface area contributed by atoms with Crippen molar-refractivity contribution in [3.8, 4) is 0 Å². The number of halogens is 1. The van der Waals surface area contributed by atoms with Gasteiger partial charge in [-0.15, -0.1) is 0 Å². The lowest BCUT2D eigenvalue weighted by Gasteiger charge is -2.41. The van der Waals surface area contributed by atoms with E-state index in [2.05, 4.69) is 9.88 Å². The van der Waals surface area contributed by atoms with Crippen LogP contribution in [0.5, 0.6) is 0 Å². The molecule has 0 unspecified atom stereocenters. The van der Waals surface area contributed by atoms with E-state index in [0.29, 0.717) is 18.8 Å². The van der Waals surface area contributed by atoms with Crippen LogP contribution in [0.2, 0.25) is 0 Å². The summed E-state index contributed by atoms with van der Waals surface area (Å²) in [5, 5.41) is 0. The molecule has 0 saturated carbocycles. The summed E-state index contributed by atoms with van der Waals surface area (Å²) in [7, 11) is 0. The van der Waals surface area contributed by atoms with Gasteiger partial charge < -0.3 is 9.80 Å². The number of pyridine rings is 1. The quantitative estimate of drug-likeness (QED) is 0.718. The number of carbonyl (C=O) groups is 1. The molecule has 1 aromatic rings. The van der Waals surface area contributed by atoms with E-state index in [9.17, 15) is 9.18 Å². The maximum absolute atomic E-state index is 13.7. The van der Waals surface area contributed by atoms with Crippen molar-refractivity contribution in [2.45, 2.75) is 24.9 Å². The van der Waals surface area contributed by atoms with Crippen LogP contribution in [0, 0.1) is 5.82 Å². The van der Waals surface area contributed by atoms with Crippen LogP contribution >= 0.6 is 0 Å². The Kier molecular flexibility index (Phi) is 2.46. The molecule has 1 aromatic heterocycles. The molecular formula is C12H14FN3O. The maximum atomic E-state index is 13.7. The molecule has 2 saturated heterocycles. The summed E-state index contributed by atoms with van der Waals surface area (Å²) in [6, 6.07) is 2.21. The van der Waals surface area contributed by atoms with Crippen molar-refractivity contribution in [3.63, 3.8) is 0 Å². The van der Waals surface area contributed by atoms with Gasteiger partial charge in [0.25, 0.3) is 0 Å². The number of amides is 1. The number of anilines is 1. The summed E-state index contributed by atoms with van der Waals surface area (Å²) in [4.78, 5) is 18.5. The molecule has 0 spiro atoms. The molecule has 90 valence electrons. The van der Waals surface area contributed by atoms with Crippen LogP contribution in [0.15, 0.2) is 18.5 Å². The molecule has 3 heterocycles. The molecular weight excluding hydrogens is 221 g/mol. The van der Waals surface area contributed by atoms with Crippen LogP contribution in [0.1, 0.15) is 12.8 Å². The van der Waals surface area contributed by atoms with Crippen LogP contribution < -0.4 is 4.90 Å². The first-order valence-electron chi connectivity index (χ1n) is 5.87. The van der Waals surface area contributed by atoms with Crippen LogP contribution in [0.4, 0.5) is 10.1 Å². The van der Waals surface area contributed by atoms with Crippen molar-refractivity contribution in [2.75, 3.05) is 18.0 Å². The number of likely N-dealkylation sites (tertiary alicyclic amines) is 1. The Morgan fingerprint density at radius 1 is 1.35 bits per heavy atom. The highest BCUT2D eigenvalue weighted by Gasteiger charge is 2.40. The Labute approximate surface area is 99.0 Å². The third-order valence-electron chi connectivity index (χ3n) is 3.69. The number of aromatic nitrogens is 1. The van der Waals surface area contributed by atoms with E-state index in [0.717, 1.165) is 19.3 Å². The van der Waals surface area contributed by atoms with E-state index >= 15 is 0 Å². The molecule has 17 heavy (non-hydrogen) atoms. The van der Waals surface area contributed by atoms with Gasteiger partial charge in [-0.2, -0.15) is 0 Å². The molecule has 1 amide bonds. The lowest BCUT2D eigenvalue weighted by Crippen LogP contribution is -2.53. The average molecular weight is 235 g/mol. The Balaban J connectivity index is 1.91. The van der Waals surface area contributed by atoms with Gasteiger partial charge in [-0.1, -0.05) is 0 Å². The second kappa shape index (κ2) is 3.98. The van der Waals surface area contributed by atoms with Gasteiger partial charge in [-0.05, 0) is 18.9 Å². The van der Waals surface area contributed by atoms with Gasteiger partial charge in [0.15, 0.2) is 5.82 Å². The highest BCUT2D eigenvalue weighted by Crippen LogP contribution is 2.35. The monoisotopic (exact) mass is 235 g/mol. The zero-order valence-electron chi connectivity index (χ0n) is 9.42. The first-order chi connectivity index (χ1) is 8.29. The molecule has 2 fully saturated rings. The largest absolute Gasteiger partial charge is 0.360 e. The zero-order valence-corrected chi connectivity index (χ0v) is 9.42. The number of rotatable bonds is 2. The molecule has 2 aliphatic heterocycles. The molecule has 3 rings (SSSR count). The number of carbonyl (C=O) groups excluding carboxylic acids is 1. The van der Waals surface area contributed by atoms with Crippen molar-refractivity contribution in [1.82, 2.24) is 9.88 Å². The predicted octanol–water partition coefficient (Wildman–Crippen LogP) is 1.03. The number of fused-ring (bicyclic) bond motifs is 2. The van der Waals surface area contributed by atoms with Crippen LogP contribution in [0.25, 0.3) is 0 Å². The second-order valence-corrected chi connectivity index (χ2v) is 4.68. The van der Waals surface area contributed by atoms with Gasteiger partial charge in [0.05, 0.1) is 11.9 Å². The van der Waals surface area contributed by atoms with E-state index in [1.165, 1.54) is 6.20 Å². The summed E-state index contributed by atoms with van der Waals surface area (Å²) in [6.07, 6.45) is 5.81. The molecule has 4 nitrogen and oxygen atoms in total. The number of hydrogen-bond acceptors (Lipinski definition) is 3. The van der Waals surface area contributed by atoms with Crippen molar-refractivity contribution in [2.24, 2.45) is 0 Å². The van der Waals surface area contributed by atoms with E-state index in [4.69, 9.17) is 0 Å². The number of piperazine rings is 1. The minimum atomic E-state index is -0.274. The lowest BCUT2D eigenvalue weighted by molar-refractivity contribution is -0.119. The lowest BCUT2D eigenvalue weighted by atomic mass is 10.1. The maximum Gasteiger partial charge on any atom is 0.209 e. The van der Waals surface area contributed by atoms with Gasteiger partial charge >= 0.3 is 0 Å². The molecule has 2 bridgehead atoms. The first-order valence-corrected chi connectivity index (χ1v) is 5.87. The highest BCUT2D eigenvalue weighted by atomic mass is 19.1. The van der Waals surface area contributed by atoms with Gasteiger partial charge in [-0.3, -0.25) is 9.78 Å². The molecule has 0 radical (unpaired) electrons. The Bertz CT molecular complexity index is 426. The van der Waals surface area contributed by atoms with Gasteiger partial charge in [-0.25, -0.2) is 4.39 Å². The second-order valence-electron chi connectivity index (χ2n) is 4.68. The molecule has 2 atom stereocenters. The summed E-state index contributed by atoms with van der Waals surface area (Å²) in [5.74, 6) is -0.274. The minimum absolute atomic E-state index is 0.246. The third kappa shape index (κ3) is 1.66. The van der Waals surface area contributed by atoms with E-state index in [-0.39, 0.29) is 17.9 Å². The SMILES string of the molecule is O=CN1C[C@H]2CC[C@@H](C1)N2c1ccncc1F. The fourth-order valence-electron chi connectivity index (χ4n) is 2.99. The fourth-order valence-corrected chi connectivity index (χ4v) is 2.99. The van der Waals surface area contributed by atoms with Crippen LogP contribution in [0.3, 0.4) is 0 Å². The molecule has 0 aromatic carbocycles. The van der Waals surface area contributed by atoms with Crippen molar-refractivity contribution >= 4 is 12.1 Å². The summed E-state index contributed by atoms with van der Waals surface area (Å²) >= 11 is 0. The third-order valence-corrected chi connectivity index (χ3v) is 3.69. The van der Waals surface area contributed by atoms with Crippen LogP contribution in [-0.2, 0) is 4.79 Å². The van der Waals surface area contributed by atoms with Gasteiger partial charge in [0, 0.05) is 31.4 Å². The molecule has 0 N–H and O–H groups in total. The summed E-state index contributed by atoms with van der Waals surface area (Å²) in [6.45, 7) is 1.39. The Morgan fingerprint density at radius 3 is 2.65 bits per heavy atom. The first kappa shape index (κ1) is 10.5. The van der Waals surface area contributed by atoms with Crippen molar-refractivity contribution < 1.29 is 9.18 Å². The van der Waals surface area contributed by atoms with E-state index < -0.39 is 0 Å². The molecule has 5 heteroatoms. The average Bonchev–Trinajstić information content (AvgIpc) is 2.60. The van der Waals surface area contributed by atoms with Crippen LogP contribution in [-0.4, -0.2) is 41.5 Å². The smallest absolute Gasteiger partial charge is 0.209 e. The minimum Gasteiger partial charge on any atom is -0.360 e. The van der Waals surface area contributed by atoms with Gasteiger partial charge in [0.2, 0.25) is 6.41 Å². The predicted molar refractivity (Wildman–Crippen MR) is 61.1 cm³/mol. The molecule has 2 aliphatic rings. The number of hydrogen-bond donors (Lipinski definition) is 0. The van der Waals surface area contributed by atoms with Crippen molar-refractivity contribution in [1.29, 1.82) is 0 Å². The Hall–Kier alpha value is -1.65. The Morgan fingerprint density at radius 2 is 2.06 bits per heavy atom. The fraction of sp³-hybridized carbons (Fsp3) is 0.500. The van der Waals surface area contributed by atoms with E-state index in [1.54, 1.807) is 17.2 Å².